The molecule has 2 heterocycles. The molecule has 138 valence electrons. The van der Waals surface area contributed by atoms with Crippen molar-refractivity contribution in [3.8, 4) is 0 Å². The molecule has 0 saturated carbocycles. The third kappa shape index (κ3) is 3.00. The second-order valence-electron chi connectivity index (χ2n) is 7.09. The summed E-state index contributed by atoms with van der Waals surface area (Å²) in [6.45, 7) is 4.58. The number of rotatable bonds is 5. The fourth-order valence-corrected chi connectivity index (χ4v) is 6.24. The summed E-state index contributed by atoms with van der Waals surface area (Å²) in [6.07, 6.45) is 6.28. The van der Waals surface area contributed by atoms with Gasteiger partial charge in [0, 0.05) is 23.0 Å². The minimum atomic E-state index is -3.45. The predicted molar refractivity (Wildman–Crippen MR) is 107 cm³/mol. The third-order valence-corrected chi connectivity index (χ3v) is 7.93. The van der Waals surface area contributed by atoms with Crippen LogP contribution >= 0.6 is 11.3 Å². The summed E-state index contributed by atoms with van der Waals surface area (Å²) in [4.78, 5) is 1.74. The Morgan fingerprint density at radius 2 is 2.15 bits per heavy atom. The lowest BCUT2D eigenvalue weighted by Crippen LogP contribution is -2.30. The largest absolute Gasteiger partial charge is 0.377 e. The number of anilines is 1. The minimum absolute atomic E-state index is 0.263. The molecule has 3 atom stereocenters. The summed E-state index contributed by atoms with van der Waals surface area (Å²) in [7, 11) is -3.45. The van der Waals surface area contributed by atoms with Gasteiger partial charge < -0.3 is 5.32 Å². The fourth-order valence-electron chi connectivity index (χ4n) is 4.02. The molecule has 3 unspecified atom stereocenters. The van der Waals surface area contributed by atoms with Gasteiger partial charge in [-0.3, -0.25) is 0 Å². The molecule has 4 rings (SSSR count). The van der Waals surface area contributed by atoms with Crippen LogP contribution in [0.5, 0.6) is 0 Å². The predicted octanol–water partition coefficient (Wildman–Crippen LogP) is 4.57. The van der Waals surface area contributed by atoms with E-state index in [4.69, 9.17) is 0 Å². The number of hydrogen-bond donors (Lipinski definition) is 2. The van der Waals surface area contributed by atoms with Gasteiger partial charge in [0.25, 0.3) is 0 Å². The van der Waals surface area contributed by atoms with Crippen LogP contribution in [0.3, 0.4) is 0 Å². The van der Waals surface area contributed by atoms with Crippen LogP contribution in [-0.4, -0.2) is 15.0 Å². The average molecular weight is 389 g/mol. The number of fused-ring (bicyclic) bond motifs is 3. The molecule has 0 fully saturated rings. The van der Waals surface area contributed by atoms with Crippen LogP contribution in [0.25, 0.3) is 0 Å². The number of allylic oxidation sites excluding steroid dienone is 2. The van der Waals surface area contributed by atoms with E-state index in [1.54, 1.807) is 17.4 Å². The smallest absolute Gasteiger partial charge is 0.240 e. The number of thiophene rings is 1. The summed E-state index contributed by atoms with van der Waals surface area (Å²) >= 11 is 1.80. The summed E-state index contributed by atoms with van der Waals surface area (Å²) in [5, 5.41) is 5.84. The highest BCUT2D eigenvalue weighted by Crippen LogP contribution is 2.51. The summed E-state index contributed by atoms with van der Waals surface area (Å²) in [5.74, 6) is 0.695. The molecule has 1 aromatic heterocycles. The van der Waals surface area contributed by atoms with E-state index in [1.807, 2.05) is 19.1 Å². The van der Waals surface area contributed by atoms with Crippen LogP contribution in [0.4, 0.5) is 5.69 Å². The van der Waals surface area contributed by atoms with Gasteiger partial charge in [-0.05, 0) is 66.5 Å². The minimum Gasteiger partial charge on any atom is -0.377 e. The van der Waals surface area contributed by atoms with Gasteiger partial charge in [0.05, 0.1) is 10.9 Å². The number of benzene rings is 1. The van der Waals surface area contributed by atoms with Crippen molar-refractivity contribution in [3.05, 3.63) is 57.8 Å². The Balaban J connectivity index is 1.73. The molecule has 2 aliphatic rings. The summed E-state index contributed by atoms with van der Waals surface area (Å²) in [5.41, 5.74) is 3.46. The van der Waals surface area contributed by atoms with E-state index < -0.39 is 10.0 Å². The zero-order valence-corrected chi connectivity index (χ0v) is 16.7. The van der Waals surface area contributed by atoms with E-state index in [-0.39, 0.29) is 12.0 Å². The second kappa shape index (κ2) is 6.83. The van der Waals surface area contributed by atoms with Crippen molar-refractivity contribution in [1.29, 1.82) is 0 Å². The van der Waals surface area contributed by atoms with Crippen molar-refractivity contribution in [2.75, 3.05) is 11.9 Å². The zero-order chi connectivity index (χ0) is 18.3. The van der Waals surface area contributed by atoms with Gasteiger partial charge in [-0.25, -0.2) is 13.1 Å². The maximum absolute atomic E-state index is 12.5. The standard InChI is InChI=1S/C20H24N2O2S2/c1-3-10-21-26(23,24)14-7-8-18-17(12-14)15-5-4-6-16(15)19(22-18)20-13(2)9-11-25-20/h4-5,7-9,11-12,15-16,19,21-22H,3,6,10H2,1-2H3. The Labute approximate surface area is 159 Å². The third-order valence-electron chi connectivity index (χ3n) is 5.37. The number of aryl methyl sites for hydroxylation is 1. The Hall–Kier alpha value is -1.63. The Morgan fingerprint density at radius 3 is 2.88 bits per heavy atom. The number of nitrogens with one attached hydrogen (secondary N) is 2. The molecule has 2 N–H and O–H groups in total. The molecule has 1 aliphatic carbocycles. The van der Waals surface area contributed by atoms with Gasteiger partial charge in [-0.15, -0.1) is 11.3 Å². The maximum Gasteiger partial charge on any atom is 0.240 e. The van der Waals surface area contributed by atoms with Crippen molar-refractivity contribution in [2.24, 2.45) is 5.92 Å². The zero-order valence-electron chi connectivity index (χ0n) is 15.0. The molecular formula is C20H24N2O2S2. The molecule has 0 saturated heterocycles. The Kier molecular flexibility index (Phi) is 4.67. The van der Waals surface area contributed by atoms with Gasteiger partial charge in [0.15, 0.2) is 0 Å². The lowest BCUT2D eigenvalue weighted by atomic mass is 9.78. The van der Waals surface area contributed by atoms with Crippen LogP contribution in [0.1, 0.15) is 47.7 Å². The highest BCUT2D eigenvalue weighted by atomic mass is 32.2. The molecule has 0 spiro atoms. The fraction of sp³-hybridized carbons (Fsp3) is 0.400. The molecule has 1 aromatic carbocycles. The summed E-state index contributed by atoms with van der Waals surface area (Å²) < 4.78 is 27.7. The van der Waals surface area contributed by atoms with E-state index in [9.17, 15) is 8.42 Å². The highest BCUT2D eigenvalue weighted by molar-refractivity contribution is 7.89. The molecule has 26 heavy (non-hydrogen) atoms. The van der Waals surface area contributed by atoms with Crippen molar-refractivity contribution in [3.63, 3.8) is 0 Å². The van der Waals surface area contributed by atoms with Crippen LogP contribution in [0.2, 0.25) is 0 Å². The topological polar surface area (TPSA) is 58.2 Å². The van der Waals surface area contributed by atoms with Crippen molar-refractivity contribution < 1.29 is 8.42 Å². The highest BCUT2D eigenvalue weighted by Gasteiger charge is 2.39. The maximum atomic E-state index is 12.5. The van der Waals surface area contributed by atoms with Crippen LogP contribution in [0, 0.1) is 12.8 Å². The van der Waals surface area contributed by atoms with Crippen molar-refractivity contribution in [2.45, 2.75) is 43.5 Å². The molecule has 0 radical (unpaired) electrons. The number of sulfonamides is 1. The Bertz CT molecular complexity index is 946. The van der Waals surface area contributed by atoms with Crippen LogP contribution in [0.15, 0.2) is 46.7 Å². The van der Waals surface area contributed by atoms with Gasteiger partial charge in [-0.2, -0.15) is 0 Å². The molecule has 1 aliphatic heterocycles. The summed E-state index contributed by atoms with van der Waals surface area (Å²) in [6, 6.07) is 7.94. The van der Waals surface area contributed by atoms with Crippen LogP contribution in [-0.2, 0) is 10.0 Å². The van der Waals surface area contributed by atoms with Gasteiger partial charge >= 0.3 is 0 Å². The molecular weight excluding hydrogens is 364 g/mol. The monoisotopic (exact) mass is 388 g/mol. The quantitative estimate of drug-likeness (QED) is 0.738. The van der Waals surface area contributed by atoms with Crippen molar-refractivity contribution >= 4 is 27.0 Å². The second-order valence-corrected chi connectivity index (χ2v) is 9.80. The van der Waals surface area contributed by atoms with Gasteiger partial charge in [0.2, 0.25) is 10.0 Å². The van der Waals surface area contributed by atoms with Crippen molar-refractivity contribution in [1.82, 2.24) is 4.72 Å². The lowest BCUT2D eigenvalue weighted by Gasteiger charge is -2.37. The number of hydrogen-bond acceptors (Lipinski definition) is 4. The van der Waals surface area contributed by atoms with E-state index in [1.165, 1.54) is 10.4 Å². The van der Waals surface area contributed by atoms with Crippen LogP contribution < -0.4 is 10.0 Å². The molecule has 2 aromatic rings. The normalized spacial score (nSPS) is 24.2. The van der Waals surface area contributed by atoms with E-state index in [0.717, 1.165) is 24.1 Å². The van der Waals surface area contributed by atoms with E-state index in [0.29, 0.717) is 17.4 Å². The SMILES string of the molecule is CCCNS(=O)(=O)c1ccc2c(c1)C1C=CCC1C(c1sccc1C)N2. The first-order chi connectivity index (χ1) is 12.5. The van der Waals surface area contributed by atoms with E-state index >= 15 is 0 Å². The first-order valence-corrected chi connectivity index (χ1v) is 11.5. The Morgan fingerprint density at radius 1 is 1.31 bits per heavy atom. The first-order valence-electron chi connectivity index (χ1n) is 9.12. The molecule has 0 amide bonds. The van der Waals surface area contributed by atoms with Gasteiger partial charge in [-0.1, -0.05) is 19.1 Å². The van der Waals surface area contributed by atoms with Gasteiger partial charge in [0.1, 0.15) is 0 Å². The molecule has 0 bridgehead atoms. The molecule has 6 heteroatoms. The molecule has 4 nitrogen and oxygen atoms in total. The first kappa shape index (κ1) is 17.8. The average Bonchev–Trinajstić information content (AvgIpc) is 3.28. The van der Waals surface area contributed by atoms with E-state index in [2.05, 4.69) is 40.6 Å². The lowest BCUT2D eigenvalue weighted by molar-refractivity contribution is 0.428.